The summed E-state index contributed by atoms with van der Waals surface area (Å²) in [5.41, 5.74) is -0.373. The van der Waals surface area contributed by atoms with E-state index in [9.17, 15) is 31.7 Å². The highest BCUT2D eigenvalue weighted by Crippen LogP contribution is 2.38. The Bertz CT molecular complexity index is 630. The summed E-state index contributed by atoms with van der Waals surface area (Å²) in [4.78, 5) is 11.0. The first-order valence-corrected chi connectivity index (χ1v) is 6.59. The van der Waals surface area contributed by atoms with Crippen molar-refractivity contribution in [3.05, 3.63) is 21.9 Å². The zero-order valence-electron chi connectivity index (χ0n) is 8.93. The van der Waals surface area contributed by atoms with Gasteiger partial charge < -0.3 is 14.9 Å². The minimum Gasteiger partial charge on any atom is -0.404 e. The summed E-state index contributed by atoms with van der Waals surface area (Å²) in [7, 11) is 0.0332. The van der Waals surface area contributed by atoms with E-state index in [4.69, 9.17) is 10.7 Å². The molecule has 0 radical (unpaired) electrons. The summed E-state index contributed by atoms with van der Waals surface area (Å²) in [6.45, 7) is 1.03. The zero-order chi connectivity index (χ0) is 15.0. The van der Waals surface area contributed by atoms with Gasteiger partial charge >= 0.3 is 12.2 Å². The van der Waals surface area contributed by atoms with Crippen LogP contribution in [0.4, 0.5) is 19.0 Å². The second-order valence-electron chi connectivity index (χ2n) is 3.17. The van der Waals surface area contributed by atoms with E-state index in [-0.39, 0.29) is 5.56 Å². The van der Waals surface area contributed by atoms with E-state index in [1.54, 1.807) is 0 Å². The van der Waals surface area contributed by atoms with Crippen LogP contribution in [-0.2, 0) is 9.05 Å². The Kier molecular flexibility index (Phi) is 3.91. The van der Waals surface area contributed by atoms with Crippen LogP contribution < -0.4 is 4.74 Å². The van der Waals surface area contributed by atoms with Crippen LogP contribution in [0.1, 0.15) is 5.56 Å². The van der Waals surface area contributed by atoms with E-state index >= 15 is 0 Å². The van der Waals surface area contributed by atoms with Crippen LogP contribution in [0.2, 0.25) is 0 Å². The molecule has 0 fully saturated rings. The monoisotopic (exact) mass is 320 g/mol. The van der Waals surface area contributed by atoms with Gasteiger partial charge in [0.1, 0.15) is 6.20 Å². The fraction of sp³-hybridized carbons (Fsp3) is 0.286. The minimum absolute atomic E-state index is 0.373. The zero-order valence-corrected chi connectivity index (χ0v) is 10.5. The molecule has 0 amide bonds. The molecule has 1 rings (SSSR count). The number of aromatic nitrogens is 1. The molecule has 12 heteroatoms. The second-order valence-corrected chi connectivity index (χ2v) is 5.67. The van der Waals surface area contributed by atoms with Gasteiger partial charge in [0.2, 0.25) is 4.90 Å². The standard InChI is InChI=1S/C7H4ClF3N2O5S/c1-3-2-12-6(13(14)15)5(19(8,16)17)4(3)18-7(9,10)11/h2H,1H3. The maximum Gasteiger partial charge on any atom is 0.573 e. The van der Waals surface area contributed by atoms with Gasteiger partial charge in [0.05, 0.1) is 0 Å². The molecule has 0 aliphatic rings. The van der Waals surface area contributed by atoms with Crippen molar-refractivity contribution in [3.8, 4) is 5.75 Å². The van der Waals surface area contributed by atoms with E-state index in [1.807, 2.05) is 0 Å². The number of nitrogens with zero attached hydrogens (tertiary/aromatic N) is 2. The largest absolute Gasteiger partial charge is 0.573 e. The molecule has 0 spiro atoms. The van der Waals surface area contributed by atoms with Crippen molar-refractivity contribution in [3.63, 3.8) is 0 Å². The molecule has 0 bridgehead atoms. The van der Waals surface area contributed by atoms with Crippen LogP contribution in [0.5, 0.6) is 5.75 Å². The predicted molar refractivity (Wildman–Crippen MR) is 55.4 cm³/mol. The highest BCUT2D eigenvalue weighted by molar-refractivity contribution is 8.14. The van der Waals surface area contributed by atoms with Gasteiger partial charge in [0, 0.05) is 16.2 Å². The predicted octanol–water partition coefficient (Wildman–Crippen LogP) is 2.12. The normalized spacial score (nSPS) is 12.3. The van der Waals surface area contributed by atoms with Gasteiger partial charge in [-0.1, -0.05) is 0 Å². The molecule has 0 N–H and O–H groups in total. The lowest BCUT2D eigenvalue weighted by Crippen LogP contribution is -2.20. The van der Waals surface area contributed by atoms with Gasteiger partial charge in [-0.2, -0.15) is 0 Å². The summed E-state index contributed by atoms with van der Waals surface area (Å²) in [5, 5.41) is 10.6. The van der Waals surface area contributed by atoms with Crippen LogP contribution in [0.25, 0.3) is 0 Å². The summed E-state index contributed by atoms with van der Waals surface area (Å²) >= 11 is 0. The third-order valence-corrected chi connectivity index (χ3v) is 3.10. The van der Waals surface area contributed by atoms with Crippen LogP contribution in [0, 0.1) is 17.0 Å². The molecular weight excluding hydrogens is 317 g/mol. The molecule has 1 aromatic rings. The molecule has 0 saturated carbocycles. The average molecular weight is 321 g/mol. The topological polar surface area (TPSA) is 99.4 Å². The van der Waals surface area contributed by atoms with E-state index in [1.165, 1.54) is 0 Å². The third-order valence-electron chi connectivity index (χ3n) is 1.78. The average Bonchev–Trinajstić information content (AvgIpc) is 2.16. The molecule has 0 atom stereocenters. The highest BCUT2D eigenvalue weighted by Gasteiger charge is 2.39. The van der Waals surface area contributed by atoms with Gasteiger partial charge in [0.15, 0.2) is 5.75 Å². The van der Waals surface area contributed by atoms with E-state index in [0.29, 0.717) is 6.20 Å². The molecule has 0 aliphatic heterocycles. The van der Waals surface area contributed by atoms with Crippen LogP contribution >= 0.6 is 10.7 Å². The van der Waals surface area contributed by atoms with Crippen LogP contribution in [-0.4, -0.2) is 24.7 Å². The van der Waals surface area contributed by atoms with Gasteiger partial charge in [-0.15, -0.1) is 13.2 Å². The molecule has 0 aliphatic carbocycles. The number of halogens is 4. The molecule has 19 heavy (non-hydrogen) atoms. The maximum absolute atomic E-state index is 12.2. The molecular formula is C7H4ClF3N2O5S. The van der Waals surface area contributed by atoms with Crippen molar-refractivity contribution in [1.82, 2.24) is 4.98 Å². The maximum atomic E-state index is 12.2. The SMILES string of the molecule is Cc1cnc([N+](=O)[O-])c(S(=O)(=O)Cl)c1OC(F)(F)F. The smallest absolute Gasteiger partial charge is 0.404 e. The number of rotatable bonds is 3. The van der Waals surface area contributed by atoms with E-state index < -0.39 is 36.8 Å². The number of aryl methyl sites for hydroxylation is 1. The number of nitro groups is 1. The molecule has 0 unspecified atom stereocenters. The summed E-state index contributed by atoms with van der Waals surface area (Å²) in [6, 6.07) is 0. The van der Waals surface area contributed by atoms with E-state index in [0.717, 1.165) is 6.92 Å². The minimum atomic E-state index is -5.24. The molecule has 106 valence electrons. The summed E-state index contributed by atoms with van der Waals surface area (Å²) in [5.74, 6) is -2.62. The lowest BCUT2D eigenvalue weighted by atomic mass is 10.3. The quantitative estimate of drug-likeness (QED) is 0.480. The Labute approximate surface area is 108 Å². The Hall–Kier alpha value is -1.62. The Morgan fingerprint density at radius 3 is 2.37 bits per heavy atom. The first kappa shape index (κ1) is 15.4. The van der Waals surface area contributed by atoms with Gasteiger partial charge in [-0.3, -0.25) is 0 Å². The van der Waals surface area contributed by atoms with Crippen LogP contribution in [0.3, 0.4) is 0 Å². The highest BCUT2D eigenvalue weighted by atomic mass is 35.7. The molecule has 7 nitrogen and oxygen atoms in total. The number of ether oxygens (including phenoxy) is 1. The Morgan fingerprint density at radius 2 is 2.00 bits per heavy atom. The van der Waals surface area contributed by atoms with Crippen LogP contribution in [0.15, 0.2) is 11.1 Å². The lowest BCUT2D eigenvalue weighted by molar-refractivity contribution is -0.393. The van der Waals surface area contributed by atoms with E-state index in [2.05, 4.69) is 9.72 Å². The van der Waals surface area contributed by atoms with Crippen molar-refractivity contribution in [1.29, 1.82) is 0 Å². The van der Waals surface area contributed by atoms with Crippen molar-refractivity contribution < 1.29 is 31.2 Å². The molecule has 1 aromatic heterocycles. The number of hydrogen-bond donors (Lipinski definition) is 0. The summed E-state index contributed by atoms with van der Waals surface area (Å²) < 4.78 is 62.4. The fourth-order valence-electron chi connectivity index (χ4n) is 1.15. The van der Waals surface area contributed by atoms with Gasteiger partial charge in [0.25, 0.3) is 9.05 Å². The van der Waals surface area contributed by atoms with Gasteiger partial charge in [-0.05, 0) is 16.8 Å². The lowest BCUT2D eigenvalue weighted by Gasteiger charge is -2.12. The molecule has 1 heterocycles. The number of pyridine rings is 1. The van der Waals surface area contributed by atoms with Crippen molar-refractivity contribution in [2.45, 2.75) is 18.2 Å². The Morgan fingerprint density at radius 1 is 1.47 bits per heavy atom. The molecule has 0 aromatic carbocycles. The second kappa shape index (κ2) is 4.81. The molecule has 0 saturated heterocycles. The third kappa shape index (κ3) is 3.67. The number of alkyl halides is 3. The van der Waals surface area contributed by atoms with Crippen molar-refractivity contribution >= 4 is 25.6 Å². The first-order valence-electron chi connectivity index (χ1n) is 4.28. The van der Waals surface area contributed by atoms with Crippen molar-refractivity contribution in [2.75, 3.05) is 0 Å². The number of hydrogen-bond acceptors (Lipinski definition) is 6. The summed E-state index contributed by atoms with van der Waals surface area (Å²) in [6.07, 6.45) is -4.57. The van der Waals surface area contributed by atoms with Crippen molar-refractivity contribution in [2.24, 2.45) is 0 Å². The first-order chi connectivity index (χ1) is 8.43. The van der Waals surface area contributed by atoms with Gasteiger partial charge in [-0.25, -0.2) is 8.42 Å². The fourth-order valence-corrected chi connectivity index (χ4v) is 2.33. The Balaban J connectivity index is 3.69.